The molecule has 0 aliphatic carbocycles. The van der Waals surface area contributed by atoms with E-state index < -0.39 is 5.41 Å². The number of benzene rings is 3. The normalized spacial score (nSPS) is 21.6. The molecule has 2 heterocycles. The van der Waals surface area contributed by atoms with Crippen molar-refractivity contribution >= 4 is 26.9 Å². The second-order valence-corrected chi connectivity index (χ2v) is 14.1. The predicted molar refractivity (Wildman–Crippen MR) is 184 cm³/mol. The van der Waals surface area contributed by atoms with Gasteiger partial charge in [0.1, 0.15) is 17.8 Å². The third kappa shape index (κ3) is 8.08. The van der Waals surface area contributed by atoms with Crippen LogP contribution >= 0.6 is 20.8 Å². The number of nitrogens with zero attached hydrogens (tertiary/aromatic N) is 2. The van der Waals surface area contributed by atoms with Crippen molar-refractivity contribution in [2.45, 2.75) is 84.4 Å². The van der Waals surface area contributed by atoms with Crippen molar-refractivity contribution < 1.29 is 9.13 Å². The summed E-state index contributed by atoms with van der Waals surface area (Å²) in [5, 5.41) is -0.440. The Labute approximate surface area is 265 Å². The van der Waals surface area contributed by atoms with Gasteiger partial charge >= 0.3 is 0 Å². The lowest BCUT2D eigenvalue weighted by Gasteiger charge is -2.33. The fourth-order valence-corrected chi connectivity index (χ4v) is 7.16. The molecule has 2 aliphatic rings. The minimum Gasteiger partial charge on any atom is -0.487 e. The van der Waals surface area contributed by atoms with Gasteiger partial charge in [-0.25, -0.2) is 4.39 Å². The first-order chi connectivity index (χ1) is 20.6. The zero-order valence-corrected chi connectivity index (χ0v) is 28.2. The third-order valence-corrected chi connectivity index (χ3v) is 10.2. The summed E-state index contributed by atoms with van der Waals surface area (Å²) >= 11 is 6.76. The third-order valence-electron chi connectivity index (χ3n) is 9.44. The Balaban J connectivity index is 1.25. The molecule has 6 heteroatoms. The number of hydrogen-bond donors (Lipinski definition) is 0. The quantitative estimate of drug-likeness (QED) is 0.210. The average Bonchev–Trinajstić information content (AvgIpc) is 3.33. The summed E-state index contributed by atoms with van der Waals surface area (Å²) in [6.45, 7) is 13.7. The van der Waals surface area contributed by atoms with Crippen LogP contribution in [0.3, 0.4) is 0 Å². The molecule has 5 rings (SSSR count). The number of rotatable bonds is 10. The van der Waals surface area contributed by atoms with E-state index in [0.29, 0.717) is 30.6 Å². The summed E-state index contributed by atoms with van der Waals surface area (Å²) in [7, 11) is 2.37. The van der Waals surface area contributed by atoms with E-state index in [4.69, 9.17) is 16.3 Å². The number of alkyl halides is 1. The highest BCUT2D eigenvalue weighted by Crippen LogP contribution is 2.34. The van der Waals surface area contributed by atoms with E-state index in [0.717, 1.165) is 43.9 Å². The van der Waals surface area contributed by atoms with Gasteiger partial charge in [0.25, 0.3) is 0 Å². The van der Waals surface area contributed by atoms with Crippen LogP contribution in [-0.2, 0) is 13.2 Å². The van der Waals surface area contributed by atoms with Crippen molar-refractivity contribution in [3.05, 3.63) is 93.0 Å². The Bertz CT molecular complexity index is 1450. The van der Waals surface area contributed by atoms with Crippen LogP contribution in [-0.4, -0.2) is 47.4 Å². The van der Waals surface area contributed by atoms with Crippen LogP contribution < -0.4 is 4.74 Å². The Morgan fingerprint density at radius 3 is 2.53 bits per heavy atom. The van der Waals surface area contributed by atoms with Gasteiger partial charge in [0.15, 0.2) is 0 Å². The van der Waals surface area contributed by atoms with Crippen molar-refractivity contribution in [3.8, 4) is 16.9 Å². The van der Waals surface area contributed by atoms with Crippen LogP contribution in [0.4, 0.5) is 4.39 Å². The number of piperidine rings is 1. The molecule has 3 aromatic carbocycles. The van der Waals surface area contributed by atoms with E-state index in [1.54, 1.807) is 0 Å². The molecule has 43 heavy (non-hydrogen) atoms. The van der Waals surface area contributed by atoms with Crippen LogP contribution in [0.25, 0.3) is 17.2 Å². The van der Waals surface area contributed by atoms with Crippen LogP contribution in [0.2, 0.25) is 5.02 Å². The molecule has 2 aliphatic heterocycles. The van der Waals surface area contributed by atoms with E-state index in [-0.39, 0.29) is 0 Å². The first-order valence-corrected chi connectivity index (χ1v) is 16.8. The summed E-state index contributed by atoms with van der Waals surface area (Å²) in [6, 6.07) is 17.8. The van der Waals surface area contributed by atoms with Crippen LogP contribution in [0.1, 0.15) is 72.4 Å². The number of ether oxygens (including phenoxy) is 1. The first kappa shape index (κ1) is 32.2. The van der Waals surface area contributed by atoms with Gasteiger partial charge in [0.05, 0.1) is 5.02 Å². The molecular formula is C37H47ClFN2OP. The minimum atomic E-state index is -1.12. The summed E-state index contributed by atoms with van der Waals surface area (Å²) < 4.78 is 20.4. The van der Waals surface area contributed by atoms with E-state index in [2.05, 4.69) is 107 Å². The molecule has 3 atom stereocenters. The lowest BCUT2D eigenvalue weighted by atomic mass is 9.91. The Morgan fingerprint density at radius 2 is 1.79 bits per heavy atom. The summed E-state index contributed by atoms with van der Waals surface area (Å²) in [5.41, 5.74) is 9.81. The van der Waals surface area contributed by atoms with Gasteiger partial charge in [-0.3, -0.25) is 9.80 Å². The zero-order valence-electron chi connectivity index (χ0n) is 26.3. The standard InChI is InChI=1S/C37H47ClFN2OP/c1-26-21-36(35(38)22-32(26)23-41-19-8-5-11-27(41)2)42-24-31-14-10-16-34(29(31)4)33-15-9-13-30(28(33)3)12-6-7-18-40-20-17-37(39,43)25-40/h6,9-10,12-16,21-22,27H,5,7-8,11,17-20,23-25,43H2,1-4H3/b12-6+/t27-,37?/m1/s1. The molecule has 0 bridgehead atoms. The monoisotopic (exact) mass is 620 g/mol. The molecule has 2 fully saturated rings. The predicted octanol–water partition coefficient (Wildman–Crippen LogP) is 9.54. The summed E-state index contributed by atoms with van der Waals surface area (Å²) in [5.74, 6) is 0.742. The van der Waals surface area contributed by atoms with Crippen molar-refractivity contribution in [2.75, 3.05) is 26.2 Å². The van der Waals surface area contributed by atoms with Crippen molar-refractivity contribution in [3.63, 3.8) is 0 Å². The Kier molecular flexibility index (Phi) is 10.7. The van der Waals surface area contributed by atoms with Gasteiger partial charge in [-0.2, -0.15) is 0 Å². The van der Waals surface area contributed by atoms with Crippen molar-refractivity contribution in [2.24, 2.45) is 0 Å². The minimum absolute atomic E-state index is 0.465. The highest BCUT2D eigenvalue weighted by atomic mass is 35.5. The van der Waals surface area contributed by atoms with Gasteiger partial charge in [0, 0.05) is 32.2 Å². The molecule has 3 nitrogen and oxygen atoms in total. The molecule has 3 aromatic rings. The molecule has 2 saturated heterocycles. The van der Waals surface area contributed by atoms with Gasteiger partial charge in [-0.1, -0.05) is 75.8 Å². The molecule has 2 unspecified atom stereocenters. The smallest absolute Gasteiger partial charge is 0.138 e. The number of halogens is 2. The van der Waals surface area contributed by atoms with Gasteiger partial charge in [-0.05, 0) is 117 Å². The lowest BCUT2D eigenvalue weighted by Crippen LogP contribution is -2.36. The Hall–Kier alpha value is -2.23. The average molecular weight is 621 g/mol. The van der Waals surface area contributed by atoms with Crippen molar-refractivity contribution in [1.82, 2.24) is 9.80 Å². The van der Waals surface area contributed by atoms with E-state index >= 15 is 0 Å². The molecule has 0 saturated carbocycles. The molecular weight excluding hydrogens is 574 g/mol. The first-order valence-electron chi connectivity index (χ1n) is 15.8. The fourth-order valence-electron chi connectivity index (χ4n) is 6.53. The maximum Gasteiger partial charge on any atom is 0.138 e. The number of aryl methyl sites for hydroxylation is 1. The number of hydrogen-bond acceptors (Lipinski definition) is 3. The molecule has 230 valence electrons. The highest BCUT2D eigenvalue weighted by Gasteiger charge is 2.33. The highest BCUT2D eigenvalue weighted by molar-refractivity contribution is 7.18. The molecule has 0 spiro atoms. The van der Waals surface area contributed by atoms with E-state index in [1.165, 1.54) is 58.2 Å². The van der Waals surface area contributed by atoms with E-state index in [1.807, 2.05) is 0 Å². The Morgan fingerprint density at radius 1 is 1.02 bits per heavy atom. The molecule has 0 radical (unpaired) electrons. The molecule has 0 N–H and O–H groups in total. The maximum absolute atomic E-state index is 14.1. The second-order valence-electron chi connectivity index (χ2n) is 12.7. The second kappa shape index (κ2) is 14.2. The topological polar surface area (TPSA) is 15.7 Å². The van der Waals surface area contributed by atoms with Gasteiger partial charge < -0.3 is 4.74 Å². The molecule has 0 amide bonds. The molecule has 0 aromatic heterocycles. The lowest BCUT2D eigenvalue weighted by molar-refractivity contribution is 0.152. The van der Waals surface area contributed by atoms with Crippen LogP contribution in [0, 0.1) is 20.8 Å². The number of likely N-dealkylation sites (tertiary alicyclic amines) is 2. The maximum atomic E-state index is 14.1. The fraction of sp³-hybridized carbons (Fsp3) is 0.459. The van der Waals surface area contributed by atoms with Crippen molar-refractivity contribution in [1.29, 1.82) is 0 Å². The van der Waals surface area contributed by atoms with Crippen LogP contribution in [0.15, 0.2) is 54.6 Å². The summed E-state index contributed by atoms with van der Waals surface area (Å²) in [4.78, 5) is 4.77. The zero-order chi connectivity index (χ0) is 30.6. The summed E-state index contributed by atoms with van der Waals surface area (Å²) in [6.07, 6.45) is 9.81. The largest absolute Gasteiger partial charge is 0.487 e. The van der Waals surface area contributed by atoms with Crippen LogP contribution in [0.5, 0.6) is 5.75 Å². The van der Waals surface area contributed by atoms with Gasteiger partial charge in [0.2, 0.25) is 0 Å². The van der Waals surface area contributed by atoms with Gasteiger partial charge in [-0.15, -0.1) is 0 Å². The van der Waals surface area contributed by atoms with E-state index in [9.17, 15) is 4.39 Å². The SMILES string of the molecule is Cc1cc(OCc2cccc(-c3cccc(/C=C/CCN4CCC(F)(P)C4)c3C)c2C)c(Cl)cc1CN1CCCC[C@H]1C.